The van der Waals surface area contributed by atoms with E-state index in [1.165, 1.54) is 22.9 Å². The maximum absolute atomic E-state index is 12.2. The van der Waals surface area contributed by atoms with E-state index in [1.807, 2.05) is 6.92 Å². The van der Waals surface area contributed by atoms with Crippen LogP contribution in [0.25, 0.3) is 0 Å². The molecule has 0 aromatic carbocycles. The van der Waals surface area contributed by atoms with Crippen molar-refractivity contribution in [3.8, 4) is 0 Å². The van der Waals surface area contributed by atoms with Crippen molar-refractivity contribution in [2.45, 2.75) is 31.0 Å². The zero-order valence-electron chi connectivity index (χ0n) is 13.1. The van der Waals surface area contributed by atoms with E-state index in [2.05, 4.69) is 9.97 Å². The largest absolute Gasteiger partial charge is 0.477 e. The first-order valence-electron chi connectivity index (χ1n) is 7.48. The number of rotatable bonds is 5. The number of carboxylic acid groups (broad SMARTS) is 1. The van der Waals surface area contributed by atoms with Gasteiger partial charge in [-0.05, 0) is 18.6 Å². The number of aromatic nitrogens is 2. The minimum Gasteiger partial charge on any atom is -0.477 e. The molecule has 2 unspecified atom stereocenters. The lowest BCUT2D eigenvalue weighted by molar-refractivity contribution is -0.163. The van der Waals surface area contributed by atoms with Crippen LogP contribution < -0.4 is 5.69 Å². The lowest BCUT2D eigenvalue weighted by Gasteiger charge is -2.46. The quantitative estimate of drug-likeness (QED) is 0.389. The molecular weight excluding hydrogens is 334 g/mol. The number of nitrogens with one attached hydrogen (secondary N) is 1. The molecule has 128 valence electrons. The smallest absolute Gasteiger partial charge is 0.352 e. The van der Waals surface area contributed by atoms with Crippen LogP contribution in [0, 0.1) is 11.8 Å². The summed E-state index contributed by atoms with van der Waals surface area (Å²) in [6.45, 7) is 3.40. The molecule has 0 aliphatic carbocycles. The van der Waals surface area contributed by atoms with E-state index in [4.69, 9.17) is 0 Å². The summed E-state index contributed by atoms with van der Waals surface area (Å²) in [5.41, 5.74) is 0.157. The zero-order valence-corrected chi connectivity index (χ0v) is 13.9. The number of amides is 1. The number of aliphatic hydroxyl groups is 1. The van der Waals surface area contributed by atoms with Crippen molar-refractivity contribution in [1.29, 1.82) is 0 Å². The Kier molecular flexibility index (Phi) is 4.22. The van der Waals surface area contributed by atoms with Crippen molar-refractivity contribution in [3.05, 3.63) is 34.0 Å². The van der Waals surface area contributed by atoms with E-state index in [1.54, 1.807) is 13.0 Å². The van der Waals surface area contributed by atoms with Crippen molar-refractivity contribution in [1.82, 2.24) is 14.9 Å². The molecule has 2 aliphatic heterocycles. The fourth-order valence-electron chi connectivity index (χ4n) is 3.43. The summed E-state index contributed by atoms with van der Waals surface area (Å²) in [6, 6.07) is 1.31. The van der Waals surface area contributed by atoms with Crippen LogP contribution in [0.3, 0.4) is 0 Å². The van der Waals surface area contributed by atoms with Gasteiger partial charge in [0.05, 0.1) is 23.1 Å². The van der Waals surface area contributed by atoms with Gasteiger partial charge in [-0.25, -0.2) is 14.6 Å². The summed E-state index contributed by atoms with van der Waals surface area (Å²) >= 11 is 1.28. The van der Waals surface area contributed by atoms with Crippen LogP contribution in [0.1, 0.15) is 13.8 Å². The van der Waals surface area contributed by atoms with Crippen LogP contribution >= 0.6 is 11.8 Å². The molecular formula is C15H17N3O5S. The molecule has 0 radical (unpaired) electrons. The molecule has 3 rings (SSSR count). The number of H-pyrrole nitrogens is 1. The van der Waals surface area contributed by atoms with E-state index in [0.29, 0.717) is 16.4 Å². The number of fused-ring (bicyclic) bond motifs is 1. The molecule has 3 heterocycles. The van der Waals surface area contributed by atoms with Crippen LogP contribution in [0.5, 0.6) is 0 Å². The zero-order chi connectivity index (χ0) is 17.6. The molecule has 9 heteroatoms. The van der Waals surface area contributed by atoms with E-state index >= 15 is 0 Å². The average molecular weight is 351 g/mol. The number of thioether (sulfide) groups is 1. The molecule has 1 fully saturated rings. The van der Waals surface area contributed by atoms with E-state index in [9.17, 15) is 24.6 Å². The summed E-state index contributed by atoms with van der Waals surface area (Å²) in [7, 11) is 0. The Labute approximate surface area is 141 Å². The van der Waals surface area contributed by atoms with Gasteiger partial charge in [0, 0.05) is 17.9 Å². The predicted octanol–water partition coefficient (Wildman–Crippen LogP) is 0.0582. The fraction of sp³-hybridized carbons (Fsp3) is 0.467. The number of carboxylic acids is 1. The first kappa shape index (κ1) is 16.7. The van der Waals surface area contributed by atoms with E-state index in [-0.39, 0.29) is 23.6 Å². The molecule has 1 amide bonds. The number of nitrogens with zero attached hydrogens (tertiary/aromatic N) is 2. The second-order valence-electron chi connectivity index (χ2n) is 5.96. The van der Waals surface area contributed by atoms with Crippen molar-refractivity contribution < 1.29 is 19.8 Å². The second kappa shape index (κ2) is 6.06. The Morgan fingerprint density at radius 2 is 2.21 bits per heavy atom. The highest BCUT2D eigenvalue weighted by atomic mass is 32.2. The van der Waals surface area contributed by atoms with Crippen LogP contribution in [0.2, 0.25) is 0 Å². The maximum Gasteiger partial charge on any atom is 0.352 e. The summed E-state index contributed by atoms with van der Waals surface area (Å²) < 4.78 is 0. The minimum absolute atomic E-state index is 0.00157. The molecule has 1 aromatic rings. The van der Waals surface area contributed by atoms with Gasteiger partial charge >= 0.3 is 11.7 Å². The first-order valence-corrected chi connectivity index (χ1v) is 8.47. The van der Waals surface area contributed by atoms with Gasteiger partial charge in [-0.1, -0.05) is 6.92 Å². The van der Waals surface area contributed by atoms with Gasteiger partial charge in [0.15, 0.2) is 0 Å². The van der Waals surface area contributed by atoms with Crippen molar-refractivity contribution in [3.63, 3.8) is 0 Å². The monoisotopic (exact) mass is 351 g/mol. The number of hydrogen-bond acceptors (Lipinski definition) is 6. The number of aromatic amines is 1. The molecule has 4 atom stereocenters. The van der Waals surface area contributed by atoms with Gasteiger partial charge in [-0.3, -0.25) is 4.79 Å². The van der Waals surface area contributed by atoms with Gasteiger partial charge in [-0.2, -0.15) is 0 Å². The summed E-state index contributed by atoms with van der Waals surface area (Å²) in [6.07, 6.45) is 0.561. The molecule has 8 nitrogen and oxygen atoms in total. The summed E-state index contributed by atoms with van der Waals surface area (Å²) in [4.78, 5) is 42.5. The van der Waals surface area contributed by atoms with Crippen molar-refractivity contribution in [2.75, 3.05) is 5.75 Å². The highest BCUT2D eigenvalue weighted by Gasteiger charge is 2.59. The molecule has 2 aliphatic rings. The van der Waals surface area contributed by atoms with Gasteiger partial charge in [0.1, 0.15) is 5.70 Å². The first-order chi connectivity index (χ1) is 11.3. The Bertz CT molecular complexity index is 787. The highest BCUT2D eigenvalue weighted by molar-refractivity contribution is 7.99. The third kappa shape index (κ3) is 2.53. The summed E-state index contributed by atoms with van der Waals surface area (Å²) in [5.74, 6) is -1.92. The van der Waals surface area contributed by atoms with E-state index < -0.39 is 23.7 Å². The van der Waals surface area contributed by atoms with Crippen molar-refractivity contribution >= 4 is 23.6 Å². The number of hydrogen-bond donors (Lipinski definition) is 3. The van der Waals surface area contributed by atoms with Crippen LogP contribution in [0.4, 0.5) is 0 Å². The molecule has 1 aromatic heterocycles. The standard InChI is InChI=1S/C15H17N3O5S/c1-6-8(5-24-9-3-4-16-15(23)17-9)12(14(21)22)18-11(6)10(7(2)19)13(18)20/h3-4,6-7,10-11,19H,5H2,1-2H3,(H,21,22)(H,16,17,23)/t6-,7+,10?,11?/m0/s1. The summed E-state index contributed by atoms with van der Waals surface area (Å²) in [5, 5.41) is 19.9. The third-order valence-electron chi connectivity index (χ3n) is 4.55. The van der Waals surface area contributed by atoms with Gasteiger partial charge in [-0.15, -0.1) is 11.8 Å². The Hall–Kier alpha value is -2.13. The second-order valence-corrected chi connectivity index (χ2v) is 6.98. The SMILES string of the molecule is C[C@@H](O)C1C(=O)N2C(C(=O)O)=C(CSc3ccnc(=O)[nH]3)[C@H](C)C12. The average Bonchev–Trinajstić information content (AvgIpc) is 2.74. The number of aliphatic hydroxyl groups excluding tert-OH is 1. The van der Waals surface area contributed by atoms with Crippen LogP contribution in [0.15, 0.2) is 33.4 Å². The van der Waals surface area contributed by atoms with E-state index in [0.717, 1.165) is 0 Å². The molecule has 1 saturated heterocycles. The fourth-order valence-corrected chi connectivity index (χ4v) is 4.45. The third-order valence-corrected chi connectivity index (χ3v) is 5.55. The van der Waals surface area contributed by atoms with Crippen LogP contribution in [-0.2, 0) is 9.59 Å². The molecule has 0 spiro atoms. The predicted molar refractivity (Wildman–Crippen MR) is 85.2 cm³/mol. The number of aliphatic carboxylic acids is 1. The Balaban J connectivity index is 1.87. The Morgan fingerprint density at radius 1 is 1.50 bits per heavy atom. The molecule has 24 heavy (non-hydrogen) atoms. The number of β-lactam (4-membered cyclic amide) rings is 1. The molecule has 0 bridgehead atoms. The van der Waals surface area contributed by atoms with Crippen LogP contribution in [-0.4, -0.2) is 54.9 Å². The molecule has 0 saturated carbocycles. The highest BCUT2D eigenvalue weighted by Crippen LogP contribution is 2.48. The number of carbonyl (C=O) groups excluding carboxylic acids is 1. The van der Waals surface area contributed by atoms with Gasteiger partial charge in [0.25, 0.3) is 0 Å². The normalized spacial score (nSPS) is 27.0. The number of carbonyl (C=O) groups is 2. The lowest BCUT2D eigenvalue weighted by Crippen LogP contribution is -2.63. The maximum atomic E-state index is 12.2. The minimum atomic E-state index is -1.15. The van der Waals surface area contributed by atoms with Gasteiger partial charge < -0.3 is 20.1 Å². The lowest BCUT2D eigenvalue weighted by atomic mass is 9.78. The van der Waals surface area contributed by atoms with Gasteiger partial charge in [0.2, 0.25) is 5.91 Å². The molecule has 3 N–H and O–H groups in total. The topological polar surface area (TPSA) is 124 Å². The Morgan fingerprint density at radius 3 is 2.79 bits per heavy atom. The van der Waals surface area contributed by atoms with Crippen molar-refractivity contribution in [2.24, 2.45) is 11.8 Å².